The van der Waals surface area contributed by atoms with E-state index in [2.05, 4.69) is 83.1 Å². The van der Waals surface area contributed by atoms with Crippen molar-refractivity contribution in [1.29, 1.82) is 0 Å². The Morgan fingerprint density at radius 3 is 0.619 bits per heavy atom. The average molecular weight is 299 g/mol. The van der Waals surface area contributed by atoms with Crippen molar-refractivity contribution >= 4 is 0 Å². The van der Waals surface area contributed by atoms with Crippen molar-refractivity contribution in [3.63, 3.8) is 0 Å². The zero-order valence-electron chi connectivity index (χ0n) is 17.3. The summed E-state index contributed by atoms with van der Waals surface area (Å²) in [5, 5.41) is 0. The van der Waals surface area contributed by atoms with Gasteiger partial charge < -0.3 is 4.48 Å². The quantitative estimate of drug-likeness (QED) is 0.559. The summed E-state index contributed by atoms with van der Waals surface area (Å²) in [6, 6.07) is 0. The van der Waals surface area contributed by atoms with Crippen LogP contribution < -0.4 is 0 Å². The fraction of sp³-hybridized carbons (Fsp3) is 1.00. The van der Waals surface area contributed by atoms with Gasteiger partial charge in [-0.2, -0.15) is 0 Å². The van der Waals surface area contributed by atoms with Crippen molar-refractivity contribution in [3.8, 4) is 0 Å². The van der Waals surface area contributed by atoms with E-state index in [1.165, 1.54) is 30.7 Å². The summed E-state index contributed by atoms with van der Waals surface area (Å²) in [6.07, 6.45) is 0. The maximum Gasteiger partial charge on any atom is 0.0836 e. The molecule has 0 aliphatic rings. The van der Waals surface area contributed by atoms with Gasteiger partial charge in [-0.05, 0) is 0 Å². The fourth-order valence-electron chi connectivity index (χ4n) is 4.36. The minimum atomic E-state index is 0.363. The zero-order valence-corrected chi connectivity index (χ0v) is 17.3. The van der Waals surface area contributed by atoms with Gasteiger partial charge in [-0.15, -0.1) is 0 Å². The maximum absolute atomic E-state index is 2.40. The Hall–Kier alpha value is -0.0400. The highest BCUT2D eigenvalue weighted by Crippen LogP contribution is 2.35. The number of rotatable bonds is 4. The minimum Gasteiger partial charge on any atom is -0.322 e. The van der Waals surface area contributed by atoms with E-state index in [1.54, 1.807) is 0 Å². The van der Waals surface area contributed by atoms with E-state index in [9.17, 15) is 0 Å². The molecule has 0 heterocycles. The normalized spacial score (nSPS) is 15.4. The molecule has 0 saturated carbocycles. The van der Waals surface area contributed by atoms with E-state index < -0.39 is 0 Å². The molecule has 0 saturated heterocycles. The maximum atomic E-state index is 2.40. The van der Waals surface area contributed by atoms with E-state index in [0.29, 0.717) is 21.7 Å². The summed E-state index contributed by atoms with van der Waals surface area (Å²) < 4.78 is 1.24. The van der Waals surface area contributed by atoms with E-state index >= 15 is 0 Å². The molecule has 0 aromatic heterocycles. The van der Waals surface area contributed by atoms with Crippen molar-refractivity contribution in [1.82, 2.24) is 0 Å². The lowest BCUT2D eigenvalue weighted by molar-refractivity contribution is -0.949. The Kier molecular flexibility index (Phi) is 6.21. The summed E-state index contributed by atoms with van der Waals surface area (Å²) in [7, 11) is 0. The van der Waals surface area contributed by atoms with Gasteiger partial charge >= 0.3 is 0 Å². The van der Waals surface area contributed by atoms with E-state index in [4.69, 9.17) is 0 Å². The molecule has 0 aliphatic carbocycles. The van der Waals surface area contributed by atoms with Crippen LogP contribution in [-0.4, -0.2) is 30.7 Å². The first-order chi connectivity index (χ1) is 8.83. The van der Waals surface area contributed by atoms with Crippen molar-refractivity contribution < 1.29 is 4.48 Å². The van der Waals surface area contributed by atoms with Crippen LogP contribution in [0.25, 0.3) is 0 Å². The highest BCUT2D eigenvalue weighted by molar-refractivity contribution is 4.74. The molecule has 0 fully saturated rings. The molecule has 1 heteroatoms. The van der Waals surface area contributed by atoms with Gasteiger partial charge in [0.1, 0.15) is 0 Å². The third kappa shape index (κ3) is 11.2. The number of hydrogen-bond donors (Lipinski definition) is 0. The Balaban J connectivity index is 5.70. The van der Waals surface area contributed by atoms with Gasteiger partial charge in [0.05, 0.1) is 26.2 Å². The topological polar surface area (TPSA) is 0 Å². The van der Waals surface area contributed by atoms with Gasteiger partial charge in [0.15, 0.2) is 0 Å². The Bertz CT molecular complexity index is 242. The smallest absolute Gasteiger partial charge is 0.0836 e. The highest BCUT2D eigenvalue weighted by atomic mass is 15.4. The van der Waals surface area contributed by atoms with Crippen molar-refractivity contribution in [2.45, 2.75) is 83.1 Å². The van der Waals surface area contributed by atoms with Crippen molar-refractivity contribution in [2.75, 3.05) is 26.2 Å². The van der Waals surface area contributed by atoms with Crippen LogP contribution in [0.2, 0.25) is 0 Å². The molecule has 1 nitrogen and oxygen atoms in total. The lowest BCUT2D eigenvalue weighted by Crippen LogP contribution is -2.61. The molecule has 0 aromatic rings. The molecule has 21 heavy (non-hydrogen) atoms. The van der Waals surface area contributed by atoms with Gasteiger partial charge in [-0.1, -0.05) is 83.1 Å². The predicted molar refractivity (Wildman–Crippen MR) is 97.5 cm³/mol. The lowest BCUT2D eigenvalue weighted by Gasteiger charge is -2.51. The number of nitrogens with zero attached hydrogens (tertiary/aromatic N) is 1. The summed E-state index contributed by atoms with van der Waals surface area (Å²) in [4.78, 5) is 0. The summed E-state index contributed by atoms with van der Waals surface area (Å²) in [5.74, 6) is 0. The Labute approximate surface area is 136 Å². The van der Waals surface area contributed by atoms with Crippen molar-refractivity contribution in [3.05, 3.63) is 0 Å². The second-order valence-electron chi connectivity index (χ2n) is 12.2. The standard InChI is InChI=1S/C20H44N/c1-17(2,3)13-21(14-18(4,5)6,15-19(7,8)9)16-20(10,11)12/h13-16H2,1-12H3/q+1. The van der Waals surface area contributed by atoms with E-state index in [1.807, 2.05) is 0 Å². The van der Waals surface area contributed by atoms with Gasteiger partial charge in [0, 0.05) is 21.7 Å². The molecular weight excluding hydrogens is 254 g/mol. The van der Waals surface area contributed by atoms with E-state index in [-0.39, 0.29) is 0 Å². The highest BCUT2D eigenvalue weighted by Gasteiger charge is 2.42. The van der Waals surface area contributed by atoms with Crippen LogP contribution in [0.5, 0.6) is 0 Å². The molecule has 0 aromatic carbocycles. The third-order valence-electron chi connectivity index (χ3n) is 3.24. The second-order valence-corrected chi connectivity index (χ2v) is 12.2. The SMILES string of the molecule is CC(C)(C)C[N+](CC(C)(C)C)(CC(C)(C)C)CC(C)(C)C. The second kappa shape index (κ2) is 6.22. The van der Waals surface area contributed by atoms with Gasteiger partial charge in [-0.3, -0.25) is 0 Å². The summed E-state index contributed by atoms with van der Waals surface area (Å²) in [6.45, 7) is 33.8. The first-order valence-corrected chi connectivity index (χ1v) is 8.68. The predicted octanol–water partition coefficient (Wildman–Crippen LogP) is 5.99. The number of quaternary nitrogens is 1. The van der Waals surface area contributed by atoms with Crippen LogP contribution in [0.15, 0.2) is 0 Å². The molecule has 0 N–H and O–H groups in total. The van der Waals surface area contributed by atoms with Crippen LogP contribution >= 0.6 is 0 Å². The molecular formula is C20H44N+. The largest absolute Gasteiger partial charge is 0.322 e. The van der Waals surface area contributed by atoms with Crippen LogP contribution in [-0.2, 0) is 0 Å². The third-order valence-corrected chi connectivity index (χ3v) is 3.24. The monoisotopic (exact) mass is 298 g/mol. The average Bonchev–Trinajstić information content (AvgIpc) is 1.83. The van der Waals surface area contributed by atoms with E-state index in [0.717, 1.165) is 0 Å². The van der Waals surface area contributed by atoms with Crippen LogP contribution in [0.4, 0.5) is 0 Å². The molecule has 0 aliphatic heterocycles. The van der Waals surface area contributed by atoms with Crippen LogP contribution in [0, 0.1) is 21.7 Å². The summed E-state index contributed by atoms with van der Waals surface area (Å²) in [5.41, 5.74) is 1.45. The molecule has 0 radical (unpaired) electrons. The minimum absolute atomic E-state index is 0.363. The molecule has 0 unspecified atom stereocenters. The van der Waals surface area contributed by atoms with Gasteiger partial charge in [-0.25, -0.2) is 0 Å². The first kappa shape index (κ1) is 21.0. The van der Waals surface area contributed by atoms with Gasteiger partial charge in [0.25, 0.3) is 0 Å². The zero-order chi connectivity index (χ0) is 17.3. The fourth-order valence-corrected chi connectivity index (χ4v) is 4.36. The van der Waals surface area contributed by atoms with Crippen molar-refractivity contribution in [2.24, 2.45) is 21.7 Å². The molecule has 0 amide bonds. The molecule has 0 bridgehead atoms. The van der Waals surface area contributed by atoms with Crippen LogP contribution in [0.3, 0.4) is 0 Å². The molecule has 0 spiro atoms. The first-order valence-electron chi connectivity index (χ1n) is 8.68. The Morgan fingerprint density at radius 2 is 0.524 bits per heavy atom. The van der Waals surface area contributed by atoms with Gasteiger partial charge in [0.2, 0.25) is 0 Å². The molecule has 0 atom stereocenters. The molecule has 128 valence electrons. The van der Waals surface area contributed by atoms with Crippen LogP contribution in [0.1, 0.15) is 83.1 Å². The number of hydrogen-bond acceptors (Lipinski definition) is 0. The molecule has 0 rings (SSSR count). The summed E-state index contributed by atoms with van der Waals surface area (Å²) >= 11 is 0. The lowest BCUT2D eigenvalue weighted by atomic mass is 9.83. The Morgan fingerprint density at radius 1 is 0.381 bits per heavy atom.